The second-order valence-electron chi connectivity index (χ2n) is 7.02. The molecule has 0 bridgehead atoms. The van der Waals surface area contributed by atoms with Crippen molar-refractivity contribution < 1.29 is 20.4 Å². The van der Waals surface area contributed by atoms with Gasteiger partial charge in [0, 0.05) is 18.3 Å². The Balaban J connectivity index is 2.46. The highest BCUT2D eigenvalue weighted by Gasteiger charge is 2.28. The molecule has 0 aliphatic heterocycles. The van der Waals surface area contributed by atoms with Crippen molar-refractivity contribution in [1.82, 2.24) is 0 Å². The first-order valence-electron chi connectivity index (χ1n) is 8.64. The van der Waals surface area contributed by atoms with Crippen LogP contribution in [0.4, 0.5) is 0 Å². The van der Waals surface area contributed by atoms with Gasteiger partial charge in [-0.3, -0.25) is 0 Å². The molecular weight excluding hydrogens is 316 g/mol. The van der Waals surface area contributed by atoms with Crippen molar-refractivity contribution >= 4 is 0 Å². The molecule has 4 nitrogen and oxygen atoms in total. The van der Waals surface area contributed by atoms with Crippen molar-refractivity contribution in [3.05, 3.63) is 70.8 Å². The van der Waals surface area contributed by atoms with E-state index in [1.165, 1.54) is 0 Å². The molecule has 4 N–H and O–H groups in total. The molecule has 0 heterocycles. The Morgan fingerprint density at radius 3 is 1.44 bits per heavy atom. The molecule has 0 saturated carbocycles. The summed E-state index contributed by atoms with van der Waals surface area (Å²) in [4.78, 5) is 0. The van der Waals surface area contributed by atoms with Crippen LogP contribution >= 0.6 is 0 Å². The zero-order valence-electron chi connectivity index (χ0n) is 14.9. The molecule has 2 aromatic rings. The molecule has 0 aliphatic carbocycles. The lowest BCUT2D eigenvalue weighted by atomic mass is 9.73. The summed E-state index contributed by atoms with van der Waals surface area (Å²) in [5, 5.41) is 38.1. The van der Waals surface area contributed by atoms with Crippen LogP contribution in [-0.4, -0.2) is 45.8 Å². The van der Waals surface area contributed by atoms with Crippen LogP contribution in [0.5, 0.6) is 0 Å². The zero-order valence-corrected chi connectivity index (χ0v) is 14.9. The molecule has 0 aromatic heterocycles. The fourth-order valence-corrected chi connectivity index (χ4v) is 3.40. The Kier molecular flexibility index (Phi) is 6.73. The van der Waals surface area contributed by atoms with Gasteiger partial charge < -0.3 is 20.4 Å². The Morgan fingerprint density at radius 1 is 0.720 bits per heavy atom. The van der Waals surface area contributed by atoms with E-state index < -0.39 is 12.2 Å². The quantitative estimate of drug-likeness (QED) is 0.589. The summed E-state index contributed by atoms with van der Waals surface area (Å²) >= 11 is 0. The normalized spacial score (nSPS) is 14.3. The number of aliphatic hydroxyl groups excluding tert-OH is 4. The standard InChI is InChI=1S/C21H28O4/c1-21(2,19-9-5-3-7-15(19)11-17(24)13-22)20-10-6-4-8-16(20)12-18(25)14-23/h3-10,17-18,22-25H,11-14H2,1-2H3. The summed E-state index contributed by atoms with van der Waals surface area (Å²) in [5.41, 5.74) is 3.79. The van der Waals surface area contributed by atoms with Crippen molar-refractivity contribution in [2.45, 2.75) is 44.3 Å². The molecule has 136 valence electrons. The summed E-state index contributed by atoms with van der Waals surface area (Å²) in [6.45, 7) is 3.69. The van der Waals surface area contributed by atoms with Crippen LogP contribution in [0, 0.1) is 0 Å². The van der Waals surface area contributed by atoms with E-state index in [1.807, 2.05) is 48.5 Å². The Hall–Kier alpha value is -1.72. The van der Waals surface area contributed by atoms with Crippen LogP contribution in [0.15, 0.2) is 48.5 Å². The minimum absolute atomic E-state index is 0.270. The largest absolute Gasteiger partial charge is 0.394 e. The van der Waals surface area contributed by atoms with Gasteiger partial charge in [-0.25, -0.2) is 0 Å². The highest BCUT2D eigenvalue weighted by atomic mass is 16.3. The Bertz CT molecular complexity index is 624. The van der Waals surface area contributed by atoms with E-state index in [-0.39, 0.29) is 18.6 Å². The van der Waals surface area contributed by atoms with E-state index in [2.05, 4.69) is 13.8 Å². The molecule has 0 spiro atoms. The van der Waals surface area contributed by atoms with Crippen LogP contribution < -0.4 is 0 Å². The third kappa shape index (κ3) is 4.67. The summed E-state index contributed by atoms with van der Waals surface area (Å²) in [6.07, 6.45) is -0.804. The van der Waals surface area contributed by atoms with Gasteiger partial charge in [0.2, 0.25) is 0 Å². The minimum Gasteiger partial charge on any atom is -0.394 e. The van der Waals surface area contributed by atoms with Crippen molar-refractivity contribution in [2.24, 2.45) is 0 Å². The van der Waals surface area contributed by atoms with Crippen LogP contribution in [0.2, 0.25) is 0 Å². The molecule has 2 aromatic carbocycles. The van der Waals surface area contributed by atoms with E-state index in [0.717, 1.165) is 22.3 Å². The lowest BCUT2D eigenvalue weighted by molar-refractivity contribution is 0.0949. The summed E-state index contributed by atoms with van der Waals surface area (Å²) in [7, 11) is 0. The fourth-order valence-electron chi connectivity index (χ4n) is 3.40. The van der Waals surface area contributed by atoms with Gasteiger partial charge in [-0.05, 0) is 22.3 Å². The highest BCUT2D eigenvalue weighted by molar-refractivity contribution is 5.46. The number of hydrogen-bond acceptors (Lipinski definition) is 4. The average molecular weight is 344 g/mol. The van der Waals surface area contributed by atoms with Gasteiger partial charge in [-0.2, -0.15) is 0 Å². The second kappa shape index (κ2) is 8.59. The highest BCUT2D eigenvalue weighted by Crippen LogP contribution is 2.36. The fraction of sp³-hybridized carbons (Fsp3) is 0.429. The zero-order chi connectivity index (χ0) is 18.4. The van der Waals surface area contributed by atoms with Crippen LogP contribution in [-0.2, 0) is 18.3 Å². The monoisotopic (exact) mass is 344 g/mol. The SMILES string of the molecule is CC(C)(c1ccccc1CC(O)CO)c1ccccc1CC(O)CO. The maximum atomic E-state index is 9.87. The molecule has 25 heavy (non-hydrogen) atoms. The van der Waals surface area contributed by atoms with Gasteiger partial charge in [-0.1, -0.05) is 62.4 Å². The predicted molar refractivity (Wildman–Crippen MR) is 98.6 cm³/mol. The van der Waals surface area contributed by atoms with Crippen molar-refractivity contribution in [3.63, 3.8) is 0 Å². The molecule has 0 saturated heterocycles. The van der Waals surface area contributed by atoms with E-state index in [0.29, 0.717) is 12.8 Å². The number of aliphatic hydroxyl groups is 4. The molecule has 0 radical (unpaired) electrons. The summed E-state index contributed by atoms with van der Waals surface area (Å²) in [5.74, 6) is 0. The van der Waals surface area contributed by atoms with Gasteiger partial charge >= 0.3 is 0 Å². The third-order valence-electron chi connectivity index (χ3n) is 4.71. The smallest absolute Gasteiger partial charge is 0.0811 e. The molecule has 4 heteroatoms. The lowest BCUT2D eigenvalue weighted by Crippen LogP contribution is -2.26. The van der Waals surface area contributed by atoms with E-state index in [4.69, 9.17) is 0 Å². The second-order valence-corrected chi connectivity index (χ2v) is 7.02. The number of hydrogen-bond donors (Lipinski definition) is 4. The van der Waals surface area contributed by atoms with Gasteiger partial charge in [0.1, 0.15) is 0 Å². The van der Waals surface area contributed by atoms with Gasteiger partial charge in [0.15, 0.2) is 0 Å². The maximum Gasteiger partial charge on any atom is 0.0811 e. The summed E-state index contributed by atoms with van der Waals surface area (Å²) in [6, 6.07) is 15.8. The van der Waals surface area contributed by atoms with Crippen molar-refractivity contribution in [1.29, 1.82) is 0 Å². The molecular formula is C21H28O4. The number of benzene rings is 2. The molecule has 2 unspecified atom stereocenters. The van der Waals surface area contributed by atoms with Gasteiger partial charge in [0.25, 0.3) is 0 Å². The minimum atomic E-state index is -0.789. The van der Waals surface area contributed by atoms with E-state index >= 15 is 0 Å². The molecule has 2 rings (SSSR count). The van der Waals surface area contributed by atoms with Gasteiger partial charge in [-0.15, -0.1) is 0 Å². The van der Waals surface area contributed by atoms with Crippen LogP contribution in [0.25, 0.3) is 0 Å². The van der Waals surface area contributed by atoms with E-state index in [9.17, 15) is 20.4 Å². The average Bonchev–Trinajstić information content (AvgIpc) is 2.62. The molecule has 0 fully saturated rings. The Labute approximate surface area is 149 Å². The van der Waals surface area contributed by atoms with Gasteiger partial charge in [0.05, 0.1) is 25.4 Å². The van der Waals surface area contributed by atoms with Crippen molar-refractivity contribution in [2.75, 3.05) is 13.2 Å². The third-order valence-corrected chi connectivity index (χ3v) is 4.71. The first kappa shape index (κ1) is 19.6. The molecule has 2 atom stereocenters. The lowest BCUT2D eigenvalue weighted by Gasteiger charge is -2.31. The van der Waals surface area contributed by atoms with E-state index in [1.54, 1.807) is 0 Å². The maximum absolute atomic E-state index is 9.87. The van der Waals surface area contributed by atoms with Crippen LogP contribution in [0.1, 0.15) is 36.1 Å². The summed E-state index contributed by atoms with van der Waals surface area (Å²) < 4.78 is 0. The molecule has 0 amide bonds. The first-order chi connectivity index (χ1) is 11.9. The molecule has 0 aliphatic rings. The topological polar surface area (TPSA) is 80.9 Å². The van der Waals surface area contributed by atoms with Crippen molar-refractivity contribution in [3.8, 4) is 0 Å². The predicted octanol–water partition coefficient (Wildman–Crippen LogP) is 1.80. The van der Waals surface area contributed by atoms with Crippen LogP contribution in [0.3, 0.4) is 0 Å². The first-order valence-corrected chi connectivity index (χ1v) is 8.64. The number of rotatable bonds is 8. The Morgan fingerprint density at radius 2 is 1.08 bits per heavy atom.